The molecule has 1 nitrogen and oxygen atoms in total. The Bertz CT molecular complexity index is 131. The smallest absolute Gasteiger partial charge is 0.0121 e. The van der Waals surface area contributed by atoms with Crippen LogP contribution < -0.4 is 5.32 Å². The molecule has 0 bridgehead atoms. The molecule has 1 heterocycles. The van der Waals surface area contributed by atoms with Crippen LogP contribution in [-0.2, 0) is 0 Å². The lowest BCUT2D eigenvalue weighted by Gasteiger charge is -2.40. The second-order valence-corrected chi connectivity index (χ2v) is 4.29. The van der Waals surface area contributed by atoms with E-state index in [4.69, 9.17) is 0 Å². The van der Waals surface area contributed by atoms with Gasteiger partial charge in [0.25, 0.3) is 0 Å². The Hall–Kier alpha value is -0.0400. The topological polar surface area (TPSA) is 12.0 Å². The maximum atomic E-state index is 3.67. The summed E-state index contributed by atoms with van der Waals surface area (Å²) in [5.74, 6) is 1.96. The Morgan fingerprint density at radius 1 is 0.867 bits per heavy atom. The molecule has 0 amide bonds. The van der Waals surface area contributed by atoms with Crippen molar-refractivity contribution in [2.75, 3.05) is 6.54 Å². The molecule has 1 heteroatoms. The van der Waals surface area contributed by atoms with Crippen molar-refractivity contribution in [3.8, 4) is 0 Å². The molecule has 2 rings (SSSR count). The van der Waals surface area contributed by atoms with Crippen LogP contribution in [0.2, 0.25) is 0 Å². The Morgan fingerprint density at radius 3 is 2.07 bits per heavy atom. The van der Waals surface area contributed by atoms with Crippen LogP contribution in [0.25, 0.3) is 0 Å². The first-order valence-corrected chi connectivity index (χ1v) is 7.11. The van der Waals surface area contributed by atoms with E-state index in [1.54, 1.807) is 0 Å². The molecule has 0 aromatic rings. The highest BCUT2D eigenvalue weighted by molar-refractivity contribution is 4.88. The molecule has 1 N–H and O–H groups in total. The summed E-state index contributed by atoms with van der Waals surface area (Å²) in [6.07, 6.45) is 7.32. The summed E-state index contributed by atoms with van der Waals surface area (Å²) in [5.41, 5.74) is 0. The zero-order chi connectivity index (χ0) is 11.7. The SMILES string of the molecule is CC.CC.CC1CCCC2CCCNC12. The number of hydrogen-bond donors (Lipinski definition) is 1. The quantitative estimate of drug-likeness (QED) is 0.635. The fourth-order valence-electron chi connectivity index (χ4n) is 2.85. The average molecular weight is 213 g/mol. The van der Waals surface area contributed by atoms with Gasteiger partial charge in [-0.05, 0) is 44.1 Å². The number of nitrogens with one attached hydrogen (secondary N) is 1. The van der Waals surface area contributed by atoms with Gasteiger partial charge < -0.3 is 5.32 Å². The third-order valence-corrected chi connectivity index (χ3v) is 3.49. The van der Waals surface area contributed by atoms with Crippen molar-refractivity contribution in [3.63, 3.8) is 0 Å². The second kappa shape index (κ2) is 9.21. The van der Waals surface area contributed by atoms with Gasteiger partial charge in [0.05, 0.1) is 0 Å². The Kier molecular flexibility index (Phi) is 9.18. The number of hydrogen-bond acceptors (Lipinski definition) is 1. The van der Waals surface area contributed by atoms with Crippen LogP contribution in [0.4, 0.5) is 0 Å². The third-order valence-electron chi connectivity index (χ3n) is 3.49. The van der Waals surface area contributed by atoms with Crippen molar-refractivity contribution >= 4 is 0 Å². The van der Waals surface area contributed by atoms with Crippen molar-refractivity contribution in [2.24, 2.45) is 11.8 Å². The van der Waals surface area contributed by atoms with Crippen LogP contribution in [0.3, 0.4) is 0 Å². The predicted octanol–water partition coefficient (Wildman–Crippen LogP) is 4.23. The zero-order valence-corrected chi connectivity index (χ0v) is 11.5. The van der Waals surface area contributed by atoms with Gasteiger partial charge in [-0.2, -0.15) is 0 Å². The van der Waals surface area contributed by atoms with Crippen LogP contribution in [0.1, 0.15) is 66.7 Å². The molecule has 92 valence electrons. The number of rotatable bonds is 0. The van der Waals surface area contributed by atoms with E-state index in [-0.39, 0.29) is 0 Å². The lowest BCUT2D eigenvalue weighted by atomic mass is 9.74. The van der Waals surface area contributed by atoms with Gasteiger partial charge in [0.2, 0.25) is 0 Å². The minimum atomic E-state index is 0.873. The maximum Gasteiger partial charge on any atom is 0.0121 e. The molecular weight excluding hydrogens is 182 g/mol. The predicted molar refractivity (Wildman–Crippen MR) is 70.2 cm³/mol. The average Bonchev–Trinajstić information content (AvgIpc) is 2.35. The highest BCUT2D eigenvalue weighted by Crippen LogP contribution is 2.33. The molecule has 0 spiro atoms. The normalized spacial score (nSPS) is 33.8. The fourth-order valence-corrected chi connectivity index (χ4v) is 2.85. The Labute approximate surface area is 97.0 Å². The van der Waals surface area contributed by atoms with Gasteiger partial charge in [-0.15, -0.1) is 0 Å². The first kappa shape index (κ1) is 15.0. The minimum Gasteiger partial charge on any atom is -0.313 e. The molecule has 2 aliphatic rings. The van der Waals surface area contributed by atoms with Crippen molar-refractivity contribution in [3.05, 3.63) is 0 Å². The highest BCUT2D eigenvalue weighted by Gasteiger charge is 2.31. The minimum absolute atomic E-state index is 0.873. The zero-order valence-electron chi connectivity index (χ0n) is 11.5. The lowest BCUT2D eigenvalue weighted by molar-refractivity contribution is 0.157. The lowest BCUT2D eigenvalue weighted by Crippen LogP contribution is -2.47. The van der Waals surface area contributed by atoms with Gasteiger partial charge in [-0.25, -0.2) is 0 Å². The molecule has 3 unspecified atom stereocenters. The maximum absolute atomic E-state index is 3.67. The van der Waals surface area contributed by atoms with E-state index in [9.17, 15) is 0 Å². The van der Waals surface area contributed by atoms with E-state index < -0.39 is 0 Å². The summed E-state index contributed by atoms with van der Waals surface area (Å²) in [5, 5.41) is 3.67. The molecule has 1 saturated heterocycles. The first-order chi connectivity index (χ1) is 7.38. The third kappa shape index (κ3) is 4.55. The van der Waals surface area contributed by atoms with Gasteiger partial charge >= 0.3 is 0 Å². The fraction of sp³-hybridized carbons (Fsp3) is 1.00. The summed E-state index contributed by atoms with van der Waals surface area (Å²) in [7, 11) is 0. The Balaban J connectivity index is 0.000000442. The van der Waals surface area contributed by atoms with E-state index in [1.165, 1.54) is 38.6 Å². The summed E-state index contributed by atoms with van der Waals surface area (Å²) in [4.78, 5) is 0. The number of fused-ring (bicyclic) bond motifs is 1. The van der Waals surface area contributed by atoms with Crippen LogP contribution in [0.5, 0.6) is 0 Å². The van der Waals surface area contributed by atoms with Gasteiger partial charge in [-0.1, -0.05) is 41.0 Å². The van der Waals surface area contributed by atoms with Crippen LogP contribution in [0, 0.1) is 11.8 Å². The Morgan fingerprint density at radius 2 is 1.47 bits per heavy atom. The highest BCUT2D eigenvalue weighted by atomic mass is 14.9. The molecule has 1 aliphatic heterocycles. The van der Waals surface area contributed by atoms with Gasteiger partial charge in [-0.3, -0.25) is 0 Å². The van der Waals surface area contributed by atoms with Gasteiger partial charge in [0.15, 0.2) is 0 Å². The molecule has 15 heavy (non-hydrogen) atoms. The van der Waals surface area contributed by atoms with Crippen LogP contribution in [0.15, 0.2) is 0 Å². The molecule has 1 saturated carbocycles. The van der Waals surface area contributed by atoms with Crippen LogP contribution in [-0.4, -0.2) is 12.6 Å². The van der Waals surface area contributed by atoms with E-state index in [0.29, 0.717) is 0 Å². The molecular formula is C14H31N. The summed E-state index contributed by atoms with van der Waals surface area (Å²) >= 11 is 0. The van der Waals surface area contributed by atoms with Crippen molar-refractivity contribution in [2.45, 2.75) is 72.8 Å². The number of piperidine rings is 1. The van der Waals surface area contributed by atoms with E-state index in [1.807, 2.05) is 27.7 Å². The second-order valence-electron chi connectivity index (χ2n) is 4.29. The molecule has 0 radical (unpaired) electrons. The summed E-state index contributed by atoms with van der Waals surface area (Å²) < 4.78 is 0. The van der Waals surface area contributed by atoms with Crippen molar-refractivity contribution < 1.29 is 0 Å². The molecule has 2 fully saturated rings. The molecule has 0 aromatic carbocycles. The van der Waals surface area contributed by atoms with Crippen molar-refractivity contribution in [1.29, 1.82) is 0 Å². The van der Waals surface area contributed by atoms with E-state index >= 15 is 0 Å². The summed E-state index contributed by atoms with van der Waals surface area (Å²) in [6, 6.07) is 0.873. The molecule has 3 atom stereocenters. The summed E-state index contributed by atoms with van der Waals surface area (Å²) in [6.45, 7) is 11.7. The van der Waals surface area contributed by atoms with E-state index in [2.05, 4.69) is 12.2 Å². The van der Waals surface area contributed by atoms with E-state index in [0.717, 1.165) is 17.9 Å². The standard InChI is InChI=1S/C10H19N.2C2H6/c1-8-4-2-5-9-6-3-7-11-10(8)9;2*1-2/h8-11H,2-7H2,1H3;2*1-2H3. The first-order valence-electron chi connectivity index (χ1n) is 7.11. The molecule has 1 aliphatic carbocycles. The van der Waals surface area contributed by atoms with Gasteiger partial charge in [0, 0.05) is 6.04 Å². The molecule has 0 aromatic heterocycles. The monoisotopic (exact) mass is 213 g/mol. The van der Waals surface area contributed by atoms with Crippen LogP contribution >= 0.6 is 0 Å². The largest absolute Gasteiger partial charge is 0.313 e. The van der Waals surface area contributed by atoms with Crippen molar-refractivity contribution in [1.82, 2.24) is 5.32 Å². The van der Waals surface area contributed by atoms with Gasteiger partial charge in [0.1, 0.15) is 0 Å².